The van der Waals surface area contributed by atoms with Crippen molar-refractivity contribution in [1.29, 1.82) is 0 Å². The Kier molecular flexibility index (Phi) is 8.55. The highest BCUT2D eigenvalue weighted by Crippen LogP contribution is 2.41. The molecule has 4 atom stereocenters. The standard InChI is InChI=1S/C30H40O5/c1-9-25-22(6)12-19(3)10-18(2)11-21(5)16-30(26(31)15-27(32)34-25)17-33-29(35-30)28-23(7)13-20(4)14-24(28)8/h11-14,18,25,29H,3,9-10,15-17H2,1-2,4-8H3/b21-11+,22-12+/t18-,25-,29+,30-/m0/s1. The molecule has 2 heterocycles. The molecule has 1 spiro atoms. The number of rotatable bonds is 2. The number of esters is 1. The SMILES string of the molecule is C=C1/C=C(\C)[C@H](CC)OC(=O)CC(=O)[C@@]2(CO[C@@H](c3c(C)cc(C)cc3C)O2)C/C(C)=C/[C@@H](C)C1. The van der Waals surface area contributed by atoms with Crippen molar-refractivity contribution in [3.63, 3.8) is 0 Å². The maximum Gasteiger partial charge on any atom is 0.314 e. The van der Waals surface area contributed by atoms with Gasteiger partial charge in [0.25, 0.3) is 0 Å². The van der Waals surface area contributed by atoms with Gasteiger partial charge in [-0.15, -0.1) is 0 Å². The van der Waals surface area contributed by atoms with Gasteiger partial charge in [0.15, 0.2) is 17.7 Å². The van der Waals surface area contributed by atoms with E-state index in [9.17, 15) is 9.59 Å². The van der Waals surface area contributed by atoms with Crippen LogP contribution in [-0.4, -0.2) is 30.1 Å². The summed E-state index contributed by atoms with van der Waals surface area (Å²) in [6.07, 6.45) is 4.55. The van der Waals surface area contributed by atoms with Crippen molar-refractivity contribution in [2.75, 3.05) is 6.61 Å². The zero-order valence-corrected chi connectivity index (χ0v) is 22.3. The highest BCUT2D eigenvalue weighted by atomic mass is 16.7. The Hall–Kier alpha value is -2.50. The van der Waals surface area contributed by atoms with E-state index in [0.717, 1.165) is 45.4 Å². The Morgan fingerprint density at radius 3 is 2.37 bits per heavy atom. The molecule has 0 amide bonds. The minimum atomic E-state index is -1.23. The van der Waals surface area contributed by atoms with Crippen LogP contribution in [0.2, 0.25) is 0 Å². The predicted octanol–water partition coefficient (Wildman–Crippen LogP) is 6.56. The van der Waals surface area contributed by atoms with Crippen LogP contribution in [0.3, 0.4) is 0 Å². The zero-order chi connectivity index (χ0) is 25.9. The number of carbonyl (C=O) groups is 2. The number of aryl methyl sites for hydroxylation is 3. The molecule has 5 heteroatoms. The summed E-state index contributed by atoms with van der Waals surface area (Å²) in [6.45, 7) is 18.5. The Morgan fingerprint density at radius 1 is 1.09 bits per heavy atom. The maximum absolute atomic E-state index is 13.6. The van der Waals surface area contributed by atoms with Gasteiger partial charge in [0.2, 0.25) is 0 Å². The third kappa shape index (κ3) is 6.39. The minimum absolute atomic E-state index is 0.0962. The van der Waals surface area contributed by atoms with Crippen LogP contribution in [0.15, 0.2) is 47.6 Å². The maximum atomic E-state index is 13.6. The molecule has 190 valence electrons. The second-order valence-electron chi connectivity index (χ2n) is 10.5. The summed E-state index contributed by atoms with van der Waals surface area (Å²) in [5, 5.41) is 0. The highest BCUT2D eigenvalue weighted by molar-refractivity contribution is 6.01. The first-order valence-corrected chi connectivity index (χ1v) is 12.6. The van der Waals surface area contributed by atoms with Crippen molar-refractivity contribution in [1.82, 2.24) is 0 Å². The first-order chi connectivity index (χ1) is 16.4. The van der Waals surface area contributed by atoms with Gasteiger partial charge in [-0.1, -0.05) is 61.4 Å². The van der Waals surface area contributed by atoms with E-state index in [-0.39, 0.29) is 30.8 Å². The lowest BCUT2D eigenvalue weighted by Crippen LogP contribution is -2.43. The molecule has 5 nitrogen and oxygen atoms in total. The Bertz CT molecular complexity index is 1040. The average molecular weight is 481 g/mol. The Morgan fingerprint density at radius 2 is 1.74 bits per heavy atom. The number of allylic oxidation sites excluding steroid dienone is 3. The molecule has 1 aromatic rings. The first-order valence-electron chi connectivity index (χ1n) is 12.6. The molecular weight excluding hydrogens is 440 g/mol. The van der Waals surface area contributed by atoms with Crippen LogP contribution in [0.25, 0.3) is 0 Å². The zero-order valence-electron chi connectivity index (χ0n) is 22.3. The van der Waals surface area contributed by atoms with E-state index in [4.69, 9.17) is 14.2 Å². The van der Waals surface area contributed by atoms with Gasteiger partial charge in [-0.3, -0.25) is 9.59 Å². The van der Waals surface area contributed by atoms with Gasteiger partial charge in [-0.2, -0.15) is 0 Å². The van der Waals surface area contributed by atoms with E-state index in [1.54, 1.807) is 0 Å². The van der Waals surface area contributed by atoms with Crippen LogP contribution in [0, 0.1) is 26.7 Å². The number of hydrogen-bond donors (Lipinski definition) is 0. The van der Waals surface area contributed by atoms with Gasteiger partial charge in [0.05, 0.1) is 6.61 Å². The predicted molar refractivity (Wildman–Crippen MR) is 138 cm³/mol. The topological polar surface area (TPSA) is 61.8 Å². The number of ketones is 1. The summed E-state index contributed by atoms with van der Waals surface area (Å²) in [4.78, 5) is 26.4. The van der Waals surface area contributed by atoms with Crippen molar-refractivity contribution in [3.8, 4) is 0 Å². The van der Waals surface area contributed by atoms with Crippen LogP contribution in [0.4, 0.5) is 0 Å². The second kappa shape index (κ2) is 11.0. The number of benzene rings is 1. The lowest BCUT2D eigenvalue weighted by molar-refractivity contribution is -0.157. The van der Waals surface area contributed by atoms with E-state index in [1.165, 1.54) is 0 Å². The normalized spacial score (nSPS) is 32.0. The number of cyclic esters (lactones) is 1. The van der Waals surface area contributed by atoms with Crippen molar-refractivity contribution in [2.45, 2.75) is 92.1 Å². The number of carbonyl (C=O) groups excluding carboxylic acids is 2. The lowest BCUT2D eigenvalue weighted by Gasteiger charge is -2.28. The largest absolute Gasteiger partial charge is 0.458 e. The molecule has 0 bridgehead atoms. The summed E-state index contributed by atoms with van der Waals surface area (Å²) < 4.78 is 18.3. The highest BCUT2D eigenvalue weighted by Gasteiger charge is 2.49. The average Bonchev–Trinajstić information content (AvgIpc) is 3.14. The van der Waals surface area contributed by atoms with Crippen LogP contribution in [0.5, 0.6) is 0 Å². The quantitative estimate of drug-likeness (QED) is 0.273. The summed E-state index contributed by atoms with van der Waals surface area (Å²) in [6, 6.07) is 4.18. The molecule has 0 aromatic heterocycles. The fourth-order valence-corrected chi connectivity index (χ4v) is 5.46. The monoisotopic (exact) mass is 480 g/mol. The third-order valence-electron chi connectivity index (χ3n) is 6.89. The van der Waals surface area contributed by atoms with Gasteiger partial charge in [-0.25, -0.2) is 0 Å². The Balaban J connectivity index is 1.97. The smallest absolute Gasteiger partial charge is 0.314 e. The van der Waals surface area contributed by atoms with Crippen molar-refractivity contribution < 1.29 is 23.8 Å². The van der Waals surface area contributed by atoms with E-state index in [1.807, 2.05) is 40.7 Å². The fraction of sp³-hybridized carbons (Fsp3) is 0.533. The Labute approximate surface area is 210 Å². The summed E-state index contributed by atoms with van der Waals surface area (Å²) in [5.41, 5.74) is 5.94. The van der Waals surface area contributed by atoms with Crippen molar-refractivity contribution >= 4 is 11.8 Å². The van der Waals surface area contributed by atoms with Gasteiger partial charge >= 0.3 is 5.97 Å². The molecular formula is C30H40O5. The minimum Gasteiger partial charge on any atom is -0.458 e. The third-order valence-corrected chi connectivity index (χ3v) is 6.89. The number of hydrogen-bond acceptors (Lipinski definition) is 5. The van der Waals surface area contributed by atoms with Crippen LogP contribution >= 0.6 is 0 Å². The molecule has 0 radical (unpaired) electrons. The van der Waals surface area contributed by atoms with Crippen LogP contribution < -0.4 is 0 Å². The van der Waals surface area contributed by atoms with Gasteiger partial charge < -0.3 is 14.2 Å². The summed E-state index contributed by atoms with van der Waals surface area (Å²) in [5.74, 6) is -0.601. The molecule has 1 aromatic carbocycles. The van der Waals surface area contributed by atoms with Crippen LogP contribution in [0.1, 0.15) is 81.9 Å². The molecule has 0 saturated carbocycles. The van der Waals surface area contributed by atoms with Crippen molar-refractivity contribution in [2.24, 2.45) is 5.92 Å². The van der Waals surface area contributed by atoms with E-state index >= 15 is 0 Å². The molecule has 0 aliphatic carbocycles. The van der Waals surface area contributed by atoms with E-state index < -0.39 is 17.9 Å². The number of ether oxygens (including phenoxy) is 3. The molecule has 3 rings (SSSR count). The molecule has 1 saturated heterocycles. The van der Waals surface area contributed by atoms with E-state index in [2.05, 4.69) is 38.6 Å². The first kappa shape index (κ1) is 27.1. The van der Waals surface area contributed by atoms with Crippen molar-refractivity contribution in [3.05, 3.63) is 69.8 Å². The molecule has 2 aliphatic heterocycles. The number of Topliss-reactive ketones (excluding diaryl/α,β-unsaturated/α-hetero) is 1. The molecule has 0 N–H and O–H groups in total. The second-order valence-corrected chi connectivity index (χ2v) is 10.5. The molecule has 35 heavy (non-hydrogen) atoms. The van der Waals surface area contributed by atoms with E-state index in [0.29, 0.717) is 12.8 Å². The van der Waals surface area contributed by atoms with Crippen LogP contribution in [-0.2, 0) is 23.8 Å². The van der Waals surface area contributed by atoms with Gasteiger partial charge in [0, 0.05) is 12.0 Å². The van der Waals surface area contributed by atoms with Gasteiger partial charge in [-0.05, 0) is 70.1 Å². The lowest BCUT2D eigenvalue weighted by atomic mass is 9.87. The molecule has 1 fully saturated rings. The fourth-order valence-electron chi connectivity index (χ4n) is 5.46. The van der Waals surface area contributed by atoms with Gasteiger partial charge in [0.1, 0.15) is 12.5 Å². The molecule has 0 unspecified atom stereocenters. The summed E-state index contributed by atoms with van der Waals surface area (Å²) >= 11 is 0. The molecule has 2 aliphatic rings. The summed E-state index contributed by atoms with van der Waals surface area (Å²) in [7, 11) is 0.